The summed E-state index contributed by atoms with van der Waals surface area (Å²) < 4.78 is 6.63. The van der Waals surface area contributed by atoms with Crippen LogP contribution in [0.25, 0.3) is 11.4 Å². The Morgan fingerprint density at radius 1 is 1.26 bits per heavy atom. The lowest BCUT2D eigenvalue weighted by Crippen LogP contribution is -2.49. The molecule has 1 aliphatic rings. The van der Waals surface area contributed by atoms with Crippen molar-refractivity contribution in [2.45, 2.75) is 32.6 Å². The maximum Gasteiger partial charge on any atom is 0.246 e. The third kappa shape index (κ3) is 3.94. The monoisotopic (exact) mass is 379 g/mol. The Morgan fingerprint density at radius 3 is 2.57 bits per heavy atom. The summed E-state index contributed by atoms with van der Waals surface area (Å²) in [6.45, 7) is 5.21. The average molecular weight is 380 g/mol. The Balaban J connectivity index is 1.66. The van der Waals surface area contributed by atoms with Crippen LogP contribution >= 0.6 is 15.9 Å². The highest BCUT2D eigenvalue weighted by Gasteiger charge is 2.26. The van der Waals surface area contributed by atoms with Crippen molar-refractivity contribution in [1.29, 1.82) is 0 Å². The van der Waals surface area contributed by atoms with E-state index in [1.54, 1.807) is 4.90 Å². The number of carbonyl (C=O) groups excluding carboxylic acids is 1. The molecule has 3 rings (SSSR count). The zero-order valence-electron chi connectivity index (χ0n) is 13.0. The molecule has 0 radical (unpaired) electrons. The Morgan fingerprint density at radius 2 is 1.91 bits per heavy atom. The van der Waals surface area contributed by atoms with Gasteiger partial charge in [-0.15, -0.1) is 10.2 Å². The van der Waals surface area contributed by atoms with Gasteiger partial charge in [-0.05, 0) is 43.3 Å². The highest BCUT2D eigenvalue weighted by Crippen LogP contribution is 2.17. The summed E-state index contributed by atoms with van der Waals surface area (Å²) in [5.41, 5.74) is 0.862. The van der Waals surface area contributed by atoms with Crippen LogP contribution < -0.4 is 0 Å². The molecule has 1 aromatic heterocycles. The third-order valence-electron chi connectivity index (χ3n) is 3.60. The van der Waals surface area contributed by atoms with Gasteiger partial charge in [-0.1, -0.05) is 15.9 Å². The standard InChI is InChI=1S/C15H18BrN5O2/c1-10-7-20(8-11(2)23-10)14(22)9-21-18-15(17-19-21)12-3-5-13(16)6-4-12/h3-6,10-11H,7-9H2,1-2H3/t10-,11-/m0/s1. The Labute approximate surface area is 142 Å². The largest absolute Gasteiger partial charge is 0.372 e. The number of halogens is 1. The predicted octanol–water partition coefficient (Wildman–Crippen LogP) is 1.74. The maximum atomic E-state index is 12.4. The number of ether oxygens (including phenoxy) is 1. The van der Waals surface area contributed by atoms with Gasteiger partial charge in [0.05, 0.1) is 12.2 Å². The van der Waals surface area contributed by atoms with E-state index in [1.807, 2.05) is 38.1 Å². The summed E-state index contributed by atoms with van der Waals surface area (Å²) in [4.78, 5) is 15.5. The van der Waals surface area contributed by atoms with E-state index in [2.05, 4.69) is 31.3 Å². The number of nitrogens with zero attached hydrogens (tertiary/aromatic N) is 5. The van der Waals surface area contributed by atoms with E-state index >= 15 is 0 Å². The first-order valence-corrected chi connectivity index (χ1v) is 8.27. The third-order valence-corrected chi connectivity index (χ3v) is 4.13. The van der Waals surface area contributed by atoms with Crippen molar-refractivity contribution in [3.05, 3.63) is 28.7 Å². The molecule has 1 aromatic carbocycles. The Bertz CT molecular complexity index is 677. The molecule has 0 unspecified atom stereocenters. The first-order valence-electron chi connectivity index (χ1n) is 7.48. The van der Waals surface area contributed by atoms with Gasteiger partial charge >= 0.3 is 0 Å². The molecule has 122 valence electrons. The molecule has 0 spiro atoms. The van der Waals surface area contributed by atoms with E-state index in [1.165, 1.54) is 4.80 Å². The number of tetrazole rings is 1. The van der Waals surface area contributed by atoms with Gasteiger partial charge in [0.15, 0.2) is 0 Å². The Kier molecular flexibility index (Phi) is 4.72. The first kappa shape index (κ1) is 16.1. The normalized spacial score (nSPS) is 21.4. The van der Waals surface area contributed by atoms with Crippen LogP contribution in [0.15, 0.2) is 28.7 Å². The summed E-state index contributed by atoms with van der Waals surface area (Å²) in [5, 5.41) is 12.3. The van der Waals surface area contributed by atoms with Crippen molar-refractivity contribution in [3.8, 4) is 11.4 Å². The lowest BCUT2D eigenvalue weighted by Gasteiger charge is -2.35. The summed E-state index contributed by atoms with van der Waals surface area (Å²) in [6, 6.07) is 7.63. The van der Waals surface area contributed by atoms with Crippen molar-refractivity contribution in [3.63, 3.8) is 0 Å². The molecule has 0 aliphatic carbocycles. The molecular formula is C15H18BrN5O2. The molecule has 2 atom stereocenters. The number of amides is 1. The van der Waals surface area contributed by atoms with Crippen LogP contribution in [0.4, 0.5) is 0 Å². The number of aromatic nitrogens is 4. The molecule has 23 heavy (non-hydrogen) atoms. The Hall–Kier alpha value is -1.80. The van der Waals surface area contributed by atoms with Crippen molar-refractivity contribution >= 4 is 21.8 Å². The molecule has 7 nitrogen and oxygen atoms in total. The van der Waals surface area contributed by atoms with Gasteiger partial charge in [0.1, 0.15) is 6.54 Å². The van der Waals surface area contributed by atoms with E-state index in [4.69, 9.17) is 4.74 Å². The van der Waals surface area contributed by atoms with E-state index < -0.39 is 0 Å². The van der Waals surface area contributed by atoms with Crippen molar-refractivity contribution < 1.29 is 9.53 Å². The first-order chi connectivity index (χ1) is 11.0. The maximum absolute atomic E-state index is 12.4. The number of carbonyl (C=O) groups is 1. The summed E-state index contributed by atoms with van der Waals surface area (Å²) >= 11 is 3.39. The topological polar surface area (TPSA) is 73.1 Å². The molecule has 1 amide bonds. The minimum absolute atomic E-state index is 0.0215. The number of hydrogen-bond acceptors (Lipinski definition) is 5. The van der Waals surface area contributed by atoms with Crippen LogP contribution in [-0.4, -0.2) is 56.3 Å². The van der Waals surface area contributed by atoms with Gasteiger partial charge in [0, 0.05) is 23.1 Å². The van der Waals surface area contributed by atoms with Gasteiger partial charge in [-0.3, -0.25) is 4.79 Å². The minimum Gasteiger partial charge on any atom is -0.372 e. The predicted molar refractivity (Wildman–Crippen MR) is 87.5 cm³/mol. The lowest BCUT2D eigenvalue weighted by atomic mass is 10.2. The van der Waals surface area contributed by atoms with Crippen molar-refractivity contribution in [1.82, 2.24) is 25.1 Å². The minimum atomic E-state index is -0.0215. The molecule has 1 fully saturated rings. The van der Waals surface area contributed by atoms with Crippen LogP contribution in [-0.2, 0) is 16.1 Å². The van der Waals surface area contributed by atoms with Gasteiger partial charge in [-0.2, -0.15) is 4.80 Å². The van der Waals surface area contributed by atoms with E-state index in [0.29, 0.717) is 18.9 Å². The smallest absolute Gasteiger partial charge is 0.246 e. The molecule has 1 aliphatic heterocycles. The highest BCUT2D eigenvalue weighted by molar-refractivity contribution is 9.10. The summed E-state index contributed by atoms with van der Waals surface area (Å²) in [5.74, 6) is 0.487. The average Bonchev–Trinajstić information content (AvgIpc) is 2.95. The second kappa shape index (κ2) is 6.76. The van der Waals surface area contributed by atoms with E-state index in [0.717, 1.165) is 10.0 Å². The van der Waals surface area contributed by atoms with Gasteiger partial charge < -0.3 is 9.64 Å². The lowest BCUT2D eigenvalue weighted by molar-refractivity contribution is -0.144. The molecule has 2 aromatic rings. The zero-order valence-corrected chi connectivity index (χ0v) is 14.6. The summed E-state index contributed by atoms with van der Waals surface area (Å²) in [6.07, 6.45) is 0.0921. The van der Waals surface area contributed by atoms with Crippen LogP contribution in [0.5, 0.6) is 0 Å². The van der Waals surface area contributed by atoms with Gasteiger partial charge in [0.2, 0.25) is 11.7 Å². The summed E-state index contributed by atoms with van der Waals surface area (Å²) in [7, 11) is 0. The van der Waals surface area contributed by atoms with Crippen LogP contribution in [0.1, 0.15) is 13.8 Å². The molecular weight excluding hydrogens is 362 g/mol. The highest BCUT2D eigenvalue weighted by atomic mass is 79.9. The quantitative estimate of drug-likeness (QED) is 0.811. The van der Waals surface area contributed by atoms with Crippen molar-refractivity contribution in [2.24, 2.45) is 0 Å². The van der Waals surface area contributed by atoms with E-state index in [-0.39, 0.29) is 24.7 Å². The zero-order chi connectivity index (χ0) is 16.4. The second-order valence-electron chi connectivity index (χ2n) is 5.71. The van der Waals surface area contributed by atoms with Gasteiger partial charge in [-0.25, -0.2) is 0 Å². The number of rotatable bonds is 3. The SMILES string of the molecule is C[C@H]1CN(C(=O)Cn2nnc(-c3ccc(Br)cc3)n2)C[C@H](C)O1. The van der Waals surface area contributed by atoms with E-state index in [9.17, 15) is 4.79 Å². The number of benzene rings is 1. The fourth-order valence-electron chi connectivity index (χ4n) is 2.63. The van der Waals surface area contributed by atoms with Crippen LogP contribution in [0.2, 0.25) is 0 Å². The molecule has 0 bridgehead atoms. The molecule has 0 N–H and O–H groups in total. The molecule has 2 heterocycles. The second-order valence-corrected chi connectivity index (χ2v) is 6.62. The fraction of sp³-hybridized carbons (Fsp3) is 0.467. The number of hydrogen-bond donors (Lipinski definition) is 0. The molecule has 0 saturated carbocycles. The fourth-order valence-corrected chi connectivity index (χ4v) is 2.89. The van der Waals surface area contributed by atoms with Crippen LogP contribution in [0, 0.1) is 0 Å². The molecule has 8 heteroatoms. The van der Waals surface area contributed by atoms with Crippen molar-refractivity contribution in [2.75, 3.05) is 13.1 Å². The van der Waals surface area contributed by atoms with Gasteiger partial charge in [0.25, 0.3) is 0 Å². The van der Waals surface area contributed by atoms with Crippen LogP contribution in [0.3, 0.4) is 0 Å². The number of morpholine rings is 1. The molecule has 1 saturated heterocycles.